The lowest BCUT2D eigenvalue weighted by atomic mass is 9.80. The van der Waals surface area contributed by atoms with E-state index in [1.54, 1.807) is 6.21 Å². The molecule has 0 aliphatic carbocycles. The van der Waals surface area contributed by atoms with E-state index in [2.05, 4.69) is 4.99 Å². The van der Waals surface area contributed by atoms with E-state index in [1.165, 1.54) is 0 Å². The van der Waals surface area contributed by atoms with Crippen LogP contribution in [0.15, 0.2) is 126 Å². The van der Waals surface area contributed by atoms with Crippen LogP contribution in [-0.4, -0.2) is 11.3 Å². The summed E-state index contributed by atoms with van der Waals surface area (Å²) in [7, 11) is 0. The average Bonchev–Trinajstić information content (AvgIpc) is 2.84. The van der Waals surface area contributed by atoms with Crippen molar-refractivity contribution in [2.75, 3.05) is 0 Å². The number of hydrogen-bond donors (Lipinski definition) is 1. The summed E-state index contributed by atoms with van der Waals surface area (Å²) >= 11 is 0. The number of para-hydroxylation sites is 1. The van der Waals surface area contributed by atoms with Crippen LogP contribution < -0.4 is 0 Å². The first-order chi connectivity index (χ1) is 15.3. The molecule has 4 rings (SSSR count). The van der Waals surface area contributed by atoms with E-state index in [1.807, 2.05) is 127 Å². The Morgan fingerprint density at radius 3 is 1.97 bits per heavy atom. The van der Waals surface area contributed by atoms with Crippen molar-refractivity contribution in [3.63, 3.8) is 0 Å². The molecule has 0 heterocycles. The van der Waals surface area contributed by atoms with Crippen LogP contribution in [0.25, 0.3) is 6.08 Å². The van der Waals surface area contributed by atoms with E-state index in [0.29, 0.717) is 6.42 Å². The normalized spacial score (nSPS) is 13.5. The number of aliphatic hydroxyl groups is 1. The molecule has 0 aromatic heterocycles. The van der Waals surface area contributed by atoms with Crippen LogP contribution in [0.3, 0.4) is 0 Å². The largest absolute Gasteiger partial charge is 0.380 e. The van der Waals surface area contributed by atoms with Crippen molar-refractivity contribution < 1.29 is 5.11 Å². The third kappa shape index (κ3) is 5.06. The number of benzene rings is 4. The number of aliphatic imine (C=N–C) groups is 1. The quantitative estimate of drug-likeness (QED) is 0.347. The molecule has 0 bridgehead atoms. The topological polar surface area (TPSA) is 32.6 Å². The molecule has 4 aromatic rings. The summed E-state index contributed by atoms with van der Waals surface area (Å²) in [6, 6.07) is 37.8. The van der Waals surface area contributed by atoms with Crippen LogP contribution in [0, 0.1) is 0 Å². The molecule has 0 saturated heterocycles. The number of allylic oxidation sites excluding steroid dienone is 1. The summed E-state index contributed by atoms with van der Waals surface area (Å²) in [6.07, 6.45) is 6.17. The molecule has 0 aliphatic rings. The maximum atomic E-state index is 12.0. The number of nitrogens with zero attached hydrogens (tertiary/aromatic N) is 1. The highest BCUT2D eigenvalue weighted by molar-refractivity contribution is 5.81. The minimum atomic E-state index is -1.19. The molecule has 0 spiro atoms. The summed E-state index contributed by atoms with van der Waals surface area (Å²) in [6.45, 7) is 0. The van der Waals surface area contributed by atoms with Crippen molar-refractivity contribution in [3.05, 3.63) is 144 Å². The Morgan fingerprint density at radius 2 is 1.26 bits per heavy atom. The monoisotopic (exact) mass is 403 g/mol. The van der Waals surface area contributed by atoms with Crippen molar-refractivity contribution in [1.82, 2.24) is 0 Å². The second-order valence-electron chi connectivity index (χ2n) is 7.45. The molecule has 1 unspecified atom stereocenters. The number of rotatable bonds is 7. The lowest BCUT2D eigenvalue weighted by molar-refractivity contribution is 0.0817. The summed E-state index contributed by atoms with van der Waals surface area (Å²) < 4.78 is 0. The van der Waals surface area contributed by atoms with E-state index >= 15 is 0 Å². The Labute approximate surface area is 183 Å². The van der Waals surface area contributed by atoms with Gasteiger partial charge in [-0.3, -0.25) is 4.99 Å². The fraction of sp³-hybridized carbons (Fsp3) is 0.0690. The Morgan fingerprint density at radius 1 is 0.677 bits per heavy atom. The highest BCUT2D eigenvalue weighted by Crippen LogP contribution is 2.38. The predicted molar refractivity (Wildman–Crippen MR) is 130 cm³/mol. The highest BCUT2D eigenvalue weighted by atomic mass is 16.3. The van der Waals surface area contributed by atoms with Gasteiger partial charge in [-0.2, -0.15) is 0 Å². The predicted octanol–water partition coefficient (Wildman–Crippen LogP) is 6.58. The Balaban J connectivity index is 1.71. The van der Waals surface area contributed by atoms with Crippen molar-refractivity contribution in [1.29, 1.82) is 0 Å². The lowest BCUT2D eigenvalue weighted by Crippen LogP contribution is -2.30. The third-order valence-electron chi connectivity index (χ3n) is 5.29. The maximum absolute atomic E-state index is 12.0. The SMILES string of the molecule is OC(Cc1ccccc1)(c1ccccc1)c1ccccc1N=CC=Cc1ccccc1. The Bertz CT molecular complexity index is 1150. The lowest BCUT2D eigenvalue weighted by Gasteiger charge is -2.30. The molecule has 0 amide bonds. The van der Waals surface area contributed by atoms with Crippen molar-refractivity contribution in [3.8, 4) is 0 Å². The van der Waals surface area contributed by atoms with E-state index in [0.717, 1.165) is 27.9 Å². The summed E-state index contributed by atoms with van der Waals surface area (Å²) in [5, 5.41) is 12.0. The second kappa shape index (κ2) is 9.84. The second-order valence-corrected chi connectivity index (χ2v) is 7.45. The zero-order valence-electron chi connectivity index (χ0n) is 17.3. The van der Waals surface area contributed by atoms with Gasteiger partial charge in [-0.15, -0.1) is 0 Å². The molecular formula is C29H25NO. The molecule has 31 heavy (non-hydrogen) atoms. The Hall–Kier alpha value is -3.75. The molecule has 0 radical (unpaired) electrons. The van der Waals surface area contributed by atoms with Gasteiger partial charge in [0.2, 0.25) is 0 Å². The molecule has 0 aliphatic heterocycles. The molecule has 2 nitrogen and oxygen atoms in total. The van der Waals surface area contributed by atoms with Gasteiger partial charge < -0.3 is 5.11 Å². The maximum Gasteiger partial charge on any atom is 0.121 e. The Kier molecular flexibility index (Phi) is 6.51. The van der Waals surface area contributed by atoms with Gasteiger partial charge >= 0.3 is 0 Å². The van der Waals surface area contributed by atoms with Gasteiger partial charge in [-0.1, -0.05) is 115 Å². The van der Waals surface area contributed by atoms with Crippen molar-refractivity contribution in [2.24, 2.45) is 4.99 Å². The van der Waals surface area contributed by atoms with Gasteiger partial charge in [0.15, 0.2) is 0 Å². The van der Waals surface area contributed by atoms with Crippen LogP contribution in [0.4, 0.5) is 5.69 Å². The standard InChI is InChI=1S/C29H25NO/c31-29(26-18-8-3-9-19-26,23-25-15-6-2-7-16-25)27-20-10-11-21-28(27)30-22-12-17-24-13-4-1-5-14-24/h1-22,31H,23H2. The minimum Gasteiger partial charge on any atom is -0.380 e. The minimum absolute atomic E-state index is 0.463. The summed E-state index contributed by atoms with van der Waals surface area (Å²) in [5.41, 5.74) is 3.38. The average molecular weight is 404 g/mol. The van der Waals surface area contributed by atoms with Gasteiger partial charge in [-0.05, 0) is 28.8 Å². The van der Waals surface area contributed by atoms with Gasteiger partial charge in [0.05, 0.1) is 5.69 Å². The third-order valence-corrected chi connectivity index (χ3v) is 5.29. The molecular weight excluding hydrogens is 378 g/mol. The van der Waals surface area contributed by atoms with E-state index in [4.69, 9.17) is 0 Å². The molecule has 0 fully saturated rings. The van der Waals surface area contributed by atoms with E-state index in [-0.39, 0.29) is 0 Å². The first-order valence-electron chi connectivity index (χ1n) is 10.4. The van der Waals surface area contributed by atoms with Gasteiger partial charge in [-0.25, -0.2) is 0 Å². The van der Waals surface area contributed by atoms with Gasteiger partial charge in [0.25, 0.3) is 0 Å². The molecule has 2 heteroatoms. The van der Waals surface area contributed by atoms with E-state index < -0.39 is 5.60 Å². The zero-order chi connectivity index (χ0) is 21.4. The smallest absolute Gasteiger partial charge is 0.121 e. The van der Waals surface area contributed by atoms with Crippen molar-refractivity contribution >= 4 is 18.0 Å². The van der Waals surface area contributed by atoms with Crippen LogP contribution in [0.1, 0.15) is 22.3 Å². The van der Waals surface area contributed by atoms with Gasteiger partial charge in [0, 0.05) is 18.2 Å². The molecule has 0 saturated carbocycles. The fourth-order valence-corrected chi connectivity index (χ4v) is 3.74. The summed E-state index contributed by atoms with van der Waals surface area (Å²) in [4.78, 5) is 4.68. The first-order valence-corrected chi connectivity index (χ1v) is 10.4. The van der Waals surface area contributed by atoms with Crippen LogP contribution in [-0.2, 0) is 12.0 Å². The van der Waals surface area contributed by atoms with E-state index in [9.17, 15) is 5.11 Å². The molecule has 1 atom stereocenters. The van der Waals surface area contributed by atoms with Crippen LogP contribution in [0.2, 0.25) is 0 Å². The van der Waals surface area contributed by atoms with Crippen molar-refractivity contribution in [2.45, 2.75) is 12.0 Å². The molecule has 152 valence electrons. The first kappa shape index (κ1) is 20.5. The number of hydrogen-bond acceptors (Lipinski definition) is 2. The zero-order valence-corrected chi connectivity index (χ0v) is 17.3. The summed E-state index contributed by atoms with van der Waals surface area (Å²) in [5.74, 6) is 0. The molecule has 1 N–H and O–H groups in total. The molecule has 4 aromatic carbocycles. The highest BCUT2D eigenvalue weighted by Gasteiger charge is 2.33. The van der Waals surface area contributed by atoms with Gasteiger partial charge in [0.1, 0.15) is 5.60 Å². The van der Waals surface area contributed by atoms with Crippen LogP contribution in [0.5, 0.6) is 0 Å². The fourth-order valence-electron chi connectivity index (χ4n) is 3.74. The van der Waals surface area contributed by atoms with Crippen LogP contribution >= 0.6 is 0 Å².